The molecule has 0 N–H and O–H groups in total. The van der Waals surface area contributed by atoms with Crippen LogP contribution in [0.3, 0.4) is 0 Å². The summed E-state index contributed by atoms with van der Waals surface area (Å²) >= 11 is 0. The van der Waals surface area contributed by atoms with Crippen LogP contribution in [0, 0.1) is 18.8 Å². The molecule has 16 heavy (non-hydrogen) atoms. The Labute approximate surface area is 97.6 Å². The molecule has 3 heteroatoms. The van der Waals surface area contributed by atoms with Crippen molar-refractivity contribution in [1.29, 1.82) is 0 Å². The largest absolute Gasteiger partial charge is 0.228 e. The Morgan fingerprint density at radius 3 is 2.38 bits per heavy atom. The van der Waals surface area contributed by atoms with Gasteiger partial charge in [0, 0.05) is 11.8 Å². The van der Waals surface area contributed by atoms with Crippen molar-refractivity contribution in [3.63, 3.8) is 0 Å². The van der Waals surface area contributed by atoms with Crippen LogP contribution in [0.25, 0.3) is 0 Å². The lowest BCUT2D eigenvalue weighted by atomic mass is 10.1. The van der Waals surface area contributed by atoms with Gasteiger partial charge < -0.3 is 0 Å². The quantitative estimate of drug-likeness (QED) is 0.700. The molecule has 2 nitrogen and oxygen atoms in total. The molecule has 86 valence electrons. The van der Waals surface area contributed by atoms with Crippen LogP contribution >= 0.6 is 0 Å². The van der Waals surface area contributed by atoms with Crippen molar-refractivity contribution in [3.05, 3.63) is 35.4 Å². The van der Waals surface area contributed by atoms with Crippen molar-refractivity contribution in [2.45, 2.75) is 25.5 Å². The third-order valence-corrected chi connectivity index (χ3v) is 4.41. The predicted octanol–water partition coefficient (Wildman–Crippen LogP) is 2.17. The van der Waals surface area contributed by atoms with Crippen LogP contribution in [0.4, 0.5) is 0 Å². The van der Waals surface area contributed by atoms with E-state index in [1.807, 2.05) is 31.2 Å². The molecule has 1 aromatic rings. The van der Waals surface area contributed by atoms with Crippen molar-refractivity contribution >= 4 is 9.84 Å². The van der Waals surface area contributed by atoms with E-state index in [1.54, 1.807) is 13.8 Å². The Kier molecular flexibility index (Phi) is 3.44. The van der Waals surface area contributed by atoms with Crippen LogP contribution < -0.4 is 0 Å². The summed E-state index contributed by atoms with van der Waals surface area (Å²) in [7, 11) is -3.16. The van der Waals surface area contributed by atoms with Gasteiger partial charge in [-0.25, -0.2) is 8.42 Å². The summed E-state index contributed by atoms with van der Waals surface area (Å²) in [5.74, 6) is 5.71. The third kappa shape index (κ3) is 3.11. The summed E-state index contributed by atoms with van der Waals surface area (Å²) in [6.07, 6.45) is 1.21. The zero-order chi connectivity index (χ0) is 12.4. The second-order valence-corrected chi connectivity index (χ2v) is 6.97. The van der Waals surface area contributed by atoms with Gasteiger partial charge >= 0.3 is 0 Å². The second-order valence-electron chi connectivity index (χ2n) is 4.40. The van der Waals surface area contributed by atoms with Gasteiger partial charge in [-0.3, -0.25) is 0 Å². The van der Waals surface area contributed by atoms with Gasteiger partial charge in [-0.05, 0) is 38.5 Å². The van der Waals surface area contributed by atoms with E-state index in [-0.39, 0.29) is 0 Å². The van der Waals surface area contributed by atoms with Crippen molar-refractivity contribution in [3.8, 4) is 11.8 Å². The Bertz CT molecular complexity index is 543. The van der Waals surface area contributed by atoms with Gasteiger partial charge in [-0.15, -0.1) is 0 Å². The molecule has 0 bridgehead atoms. The Morgan fingerprint density at radius 1 is 1.25 bits per heavy atom. The summed E-state index contributed by atoms with van der Waals surface area (Å²) in [6.45, 7) is 5.21. The van der Waals surface area contributed by atoms with Crippen LogP contribution in [0.2, 0.25) is 0 Å². The molecule has 0 aliphatic rings. The molecule has 0 saturated heterocycles. The van der Waals surface area contributed by atoms with Crippen LogP contribution in [-0.2, 0) is 9.84 Å². The monoisotopic (exact) mass is 236 g/mol. The predicted molar refractivity (Wildman–Crippen MR) is 67.0 cm³/mol. The third-order valence-electron chi connectivity index (χ3n) is 2.45. The molecule has 0 aromatic heterocycles. The van der Waals surface area contributed by atoms with E-state index in [0.717, 1.165) is 11.1 Å². The van der Waals surface area contributed by atoms with Crippen LogP contribution in [-0.4, -0.2) is 19.4 Å². The molecule has 0 unspecified atom stereocenters. The Hall–Kier alpha value is -1.27. The van der Waals surface area contributed by atoms with Crippen LogP contribution in [0.15, 0.2) is 24.3 Å². The summed E-state index contributed by atoms with van der Waals surface area (Å²) in [5.41, 5.74) is 1.96. The average molecular weight is 236 g/mol. The maximum Gasteiger partial charge on any atom is 0.163 e. The molecular formula is C13H16O2S. The van der Waals surface area contributed by atoms with E-state index >= 15 is 0 Å². The lowest BCUT2D eigenvalue weighted by Gasteiger charge is -2.14. The molecule has 0 atom stereocenters. The molecule has 0 heterocycles. The highest BCUT2D eigenvalue weighted by Gasteiger charge is 2.27. The zero-order valence-electron chi connectivity index (χ0n) is 10.0. The molecule has 0 amide bonds. The standard InChI is InChI=1S/C13H16O2S/c1-11-6-5-7-12(10-11)8-9-13(2,3)16(4,14)15/h5-7,10H,1-4H3. The van der Waals surface area contributed by atoms with Crippen molar-refractivity contribution in [1.82, 2.24) is 0 Å². The van der Waals surface area contributed by atoms with E-state index < -0.39 is 14.6 Å². The van der Waals surface area contributed by atoms with Gasteiger partial charge in [0.2, 0.25) is 0 Å². The smallest absolute Gasteiger partial charge is 0.163 e. The summed E-state index contributed by atoms with van der Waals surface area (Å²) in [6, 6.07) is 7.70. The second kappa shape index (κ2) is 4.31. The number of benzene rings is 1. The van der Waals surface area contributed by atoms with Crippen LogP contribution in [0.5, 0.6) is 0 Å². The first-order valence-corrected chi connectivity index (χ1v) is 6.91. The van der Waals surface area contributed by atoms with Gasteiger partial charge in [0.05, 0.1) is 0 Å². The van der Waals surface area contributed by atoms with Gasteiger partial charge in [-0.2, -0.15) is 0 Å². The first kappa shape index (κ1) is 12.8. The maximum atomic E-state index is 11.4. The minimum Gasteiger partial charge on any atom is -0.228 e. The number of rotatable bonds is 1. The summed E-state index contributed by atoms with van der Waals surface area (Å²) in [4.78, 5) is 0. The minimum absolute atomic E-state index is 0.844. The number of sulfone groups is 1. The maximum absolute atomic E-state index is 11.4. The van der Waals surface area contributed by atoms with Crippen molar-refractivity contribution < 1.29 is 8.42 Å². The van der Waals surface area contributed by atoms with Crippen molar-refractivity contribution in [2.75, 3.05) is 6.26 Å². The number of aryl methyl sites for hydroxylation is 1. The normalized spacial score (nSPS) is 11.8. The fourth-order valence-corrected chi connectivity index (χ4v) is 1.27. The lowest BCUT2D eigenvalue weighted by Crippen LogP contribution is -2.28. The first-order chi connectivity index (χ1) is 7.22. The Balaban J connectivity index is 3.08. The lowest BCUT2D eigenvalue weighted by molar-refractivity contribution is 0.581. The summed E-state index contributed by atoms with van der Waals surface area (Å²) in [5, 5.41) is 0. The molecule has 0 aliphatic carbocycles. The van der Waals surface area contributed by atoms with Gasteiger partial charge in [0.15, 0.2) is 9.84 Å². The van der Waals surface area contributed by atoms with Crippen molar-refractivity contribution in [2.24, 2.45) is 0 Å². The number of hydrogen-bond donors (Lipinski definition) is 0. The topological polar surface area (TPSA) is 34.1 Å². The molecule has 1 aromatic carbocycles. The molecular weight excluding hydrogens is 220 g/mol. The Morgan fingerprint density at radius 2 is 1.88 bits per heavy atom. The molecule has 0 saturated carbocycles. The van der Waals surface area contributed by atoms with Gasteiger partial charge in [-0.1, -0.05) is 24.0 Å². The average Bonchev–Trinajstić information content (AvgIpc) is 2.13. The summed E-state index contributed by atoms with van der Waals surface area (Å²) < 4.78 is 21.9. The van der Waals surface area contributed by atoms with Gasteiger partial charge in [0.25, 0.3) is 0 Å². The fraction of sp³-hybridized carbons (Fsp3) is 0.385. The highest BCUT2D eigenvalue weighted by Crippen LogP contribution is 2.13. The minimum atomic E-state index is -3.16. The SMILES string of the molecule is Cc1cccc(C#CC(C)(C)S(C)(=O)=O)c1. The van der Waals surface area contributed by atoms with E-state index in [9.17, 15) is 8.42 Å². The molecule has 1 rings (SSSR count). The molecule has 0 fully saturated rings. The highest BCUT2D eigenvalue weighted by atomic mass is 32.2. The molecule has 0 radical (unpaired) electrons. The van der Waals surface area contributed by atoms with E-state index in [1.165, 1.54) is 6.26 Å². The highest BCUT2D eigenvalue weighted by molar-refractivity contribution is 7.92. The van der Waals surface area contributed by atoms with E-state index in [4.69, 9.17) is 0 Å². The number of hydrogen-bond acceptors (Lipinski definition) is 2. The van der Waals surface area contributed by atoms with Gasteiger partial charge in [0.1, 0.15) is 4.75 Å². The van der Waals surface area contributed by atoms with E-state index in [2.05, 4.69) is 11.8 Å². The zero-order valence-corrected chi connectivity index (χ0v) is 10.9. The fourth-order valence-electron chi connectivity index (χ4n) is 1.04. The van der Waals surface area contributed by atoms with E-state index in [0.29, 0.717) is 0 Å². The first-order valence-electron chi connectivity index (χ1n) is 5.02. The molecule has 0 spiro atoms. The van der Waals surface area contributed by atoms with Crippen LogP contribution in [0.1, 0.15) is 25.0 Å². The molecule has 0 aliphatic heterocycles.